The number of ether oxygens (including phenoxy) is 1. The molecule has 24 heavy (non-hydrogen) atoms. The summed E-state index contributed by atoms with van der Waals surface area (Å²) in [4.78, 5) is 4.26. The fourth-order valence-corrected chi connectivity index (χ4v) is 2.67. The molecule has 0 atom stereocenters. The average Bonchev–Trinajstić information content (AvgIpc) is 3.32. The Morgan fingerprint density at radius 2 is 1.79 bits per heavy atom. The summed E-state index contributed by atoms with van der Waals surface area (Å²) in [5.74, 6) is 1.72. The summed E-state index contributed by atoms with van der Waals surface area (Å²) in [6.45, 7) is 7.87. The van der Waals surface area contributed by atoms with Crippen molar-refractivity contribution in [2.45, 2.75) is 39.5 Å². The van der Waals surface area contributed by atoms with E-state index in [1.54, 1.807) is 0 Å². The van der Waals surface area contributed by atoms with Crippen LogP contribution in [0, 0.1) is 19.8 Å². The number of nitrogens with one attached hydrogen (secondary N) is 2. The number of hydrogen-bond acceptors (Lipinski definition) is 2. The van der Waals surface area contributed by atoms with Crippen molar-refractivity contribution in [3.8, 4) is 0 Å². The van der Waals surface area contributed by atoms with E-state index < -0.39 is 0 Å². The predicted octanol–water partition coefficient (Wildman–Crippen LogP) is 3.45. The van der Waals surface area contributed by atoms with Crippen LogP contribution >= 0.6 is 24.0 Å². The number of benzene rings is 1. The van der Waals surface area contributed by atoms with Crippen LogP contribution in [0.5, 0.6) is 0 Å². The lowest BCUT2D eigenvalue weighted by Gasteiger charge is -2.12. The molecule has 1 aromatic carbocycles. The first-order chi connectivity index (χ1) is 11.2. The highest BCUT2D eigenvalue weighted by atomic mass is 127. The van der Waals surface area contributed by atoms with E-state index in [4.69, 9.17) is 4.74 Å². The zero-order valence-corrected chi connectivity index (χ0v) is 17.6. The van der Waals surface area contributed by atoms with Gasteiger partial charge in [0.05, 0.1) is 0 Å². The van der Waals surface area contributed by atoms with Gasteiger partial charge in [0.25, 0.3) is 0 Å². The molecule has 0 radical (unpaired) electrons. The zero-order chi connectivity index (χ0) is 16.5. The maximum Gasteiger partial charge on any atom is 0.190 e. The predicted molar refractivity (Wildman–Crippen MR) is 113 cm³/mol. The number of aryl methyl sites for hydroxylation is 2. The van der Waals surface area contributed by atoms with Crippen molar-refractivity contribution in [1.29, 1.82) is 0 Å². The molecule has 0 aromatic heterocycles. The molecular weight excluding hydrogens is 413 g/mol. The van der Waals surface area contributed by atoms with Gasteiger partial charge in [-0.25, -0.2) is 0 Å². The van der Waals surface area contributed by atoms with Crippen LogP contribution in [0.25, 0.3) is 0 Å². The van der Waals surface area contributed by atoms with Crippen LogP contribution < -0.4 is 10.6 Å². The Bertz CT molecular complexity index is 495. The highest BCUT2D eigenvalue weighted by Crippen LogP contribution is 2.28. The van der Waals surface area contributed by atoms with Gasteiger partial charge in [-0.3, -0.25) is 4.99 Å². The van der Waals surface area contributed by atoms with Gasteiger partial charge in [-0.2, -0.15) is 0 Å². The van der Waals surface area contributed by atoms with Crippen molar-refractivity contribution in [2.75, 3.05) is 33.4 Å². The molecule has 5 heteroatoms. The number of aliphatic imine (C=N–C) groups is 1. The first-order valence-electron chi connectivity index (χ1n) is 8.77. The Balaban J connectivity index is 0.00000288. The largest absolute Gasteiger partial charge is 0.381 e. The van der Waals surface area contributed by atoms with E-state index in [1.165, 1.54) is 29.5 Å². The number of halogens is 1. The van der Waals surface area contributed by atoms with Gasteiger partial charge < -0.3 is 15.4 Å². The van der Waals surface area contributed by atoms with Gasteiger partial charge in [-0.15, -0.1) is 24.0 Å². The number of hydrogen-bond donors (Lipinski definition) is 2. The molecule has 0 aliphatic heterocycles. The fraction of sp³-hybridized carbons (Fsp3) is 0.632. The first-order valence-corrected chi connectivity index (χ1v) is 8.77. The molecule has 136 valence electrons. The second-order valence-corrected chi connectivity index (χ2v) is 6.54. The quantitative estimate of drug-likeness (QED) is 0.265. The third kappa shape index (κ3) is 8.87. The van der Waals surface area contributed by atoms with E-state index in [0.29, 0.717) is 0 Å². The molecule has 0 saturated heterocycles. The van der Waals surface area contributed by atoms with Crippen molar-refractivity contribution < 1.29 is 4.74 Å². The molecule has 0 spiro atoms. The Morgan fingerprint density at radius 1 is 1.12 bits per heavy atom. The summed E-state index contributed by atoms with van der Waals surface area (Å²) in [5.41, 5.74) is 4.03. The molecule has 0 amide bonds. The van der Waals surface area contributed by atoms with Crippen LogP contribution in [-0.2, 0) is 11.2 Å². The molecular formula is C19H32IN3O. The molecule has 4 nitrogen and oxygen atoms in total. The standard InChI is InChI=1S/C19H31N3O.HI/c1-15-11-16(2)13-18(12-15)7-9-22-19(20-3)21-8-4-10-23-14-17-5-6-17;/h11-13,17H,4-10,14H2,1-3H3,(H2,20,21,22);1H. The molecule has 1 saturated carbocycles. The molecule has 2 rings (SSSR count). The molecule has 2 N–H and O–H groups in total. The van der Waals surface area contributed by atoms with Crippen LogP contribution in [0.3, 0.4) is 0 Å². The van der Waals surface area contributed by atoms with Crippen LogP contribution in [0.15, 0.2) is 23.2 Å². The van der Waals surface area contributed by atoms with Crippen LogP contribution in [0.4, 0.5) is 0 Å². The topological polar surface area (TPSA) is 45.7 Å². The minimum atomic E-state index is 0. The molecule has 0 unspecified atom stereocenters. The summed E-state index contributed by atoms with van der Waals surface area (Å²) in [6, 6.07) is 6.72. The average molecular weight is 445 g/mol. The normalized spacial score (nSPS) is 14.2. The van der Waals surface area contributed by atoms with E-state index in [0.717, 1.165) is 51.0 Å². The lowest BCUT2D eigenvalue weighted by Crippen LogP contribution is -2.39. The second kappa shape index (κ2) is 11.7. The Hall–Kier alpha value is -0.820. The van der Waals surface area contributed by atoms with Crippen molar-refractivity contribution in [1.82, 2.24) is 10.6 Å². The summed E-state index contributed by atoms with van der Waals surface area (Å²) in [5, 5.41) is 6.72. The number of guanidine groups is 1. The number of nitrogens with zero attached hydrogens (tertiary/aromatic N) is 1. The maximum atomic E-state index is 5.63. The third-order valence-corrected chi connectivity index (χ3v) is 4.02. The molecule has 1 aromatic rings. The Morgan fingerprint density at radius 3 is 2.42 bits per heavy atom. The molecule has 1 aliphatic rings. The lowest BCUT2D eigenvalue weighted by atomic mass is 10.1. The van der Waals surface area contributed by atoms with E-state index >= 15 is 0 Å². The highest BCUT2D eigenvalue weighted by Gasteiger charge is 2.20. The van der Waals surface area contributed by atoms with Crippen molar-refractivity contribution in [3.63, 3.8) is 0 Å². The fourth-order valence-electron chi connectivity index (χ4n) is 2.67. The molecule has 0 heterocycles. The Labute approximate surface area is 163 Å². The first kappa shape index (κ1) is 21.2. The van der Waals surface area contributed by atoms with Crippen LogP contribution in [0.1, 0.15) is 36.0 Å². The minimum Gasteiger partial charge on any atom is -0.381 e. The second-order valence-electron chi connectivity index (χ2n) is 6.54. The molecule has 1 fully saturated rings. The van der Waals surface area contributed by atoms with E-state index in [-0.39, 0.29) is 24.0 Å². The van der Waals surface area contributed by atoms with Gasteiger partial charge in [0, 0.05) is 33.4 Å². The summed E-state index contributed by atoms with van der Waals surface area (Å²) < 4.78 is 5.63. The maximum absolute atomic E-state index is 5.63. The molecule has 1 aliphatic carbocycles. The van der Waals surface area contributed by atoms with Gasteiger partial charge >= 0.3 is 0 Å². The minimum absolute atomic E-state index is 0. The van der Waals surface area contributed by atoms with Gasteiger partial charge in [-0.1, -0.05) is 29.3 Å². The smallest absolute Gasteiger partial charge is 0.190 e. The van der Waals surface area contributed by atoms with Gasteiger partial charge in [0.1, 0.15) is 0 Å². The van der Waals surface area contributed by atoms with Crippen LogP contribution in [-0.4, -0.2) is 39.3 Å². The number of rotatable bonds is 9. The van der Waals surface area contributed by atoms with Crippen LogP contribution in [0.2, 0.25) is 0 Å². The third-order valence-electron chi connectivity index (χ3n) is 4.02. The monoisotopic (exact) mass is 445 g/mol. The summed E-state index contributed by atoms with van der Waals surface area (Å²) in [6.07, 6.45) is 4.74. The van der Waals surface area contributed by atoms with Crippen molar-refractivity contribution in [2.24, 2.45) is 10.9 Å². The van der Waals surface area contributed by atoms with Gasteiger partial charge in [0.15, 0.2) is 5.96 Å². The molecule has 0 bridgehead atoms. The zero-order valence-electron chi connectivity index (χ0n) is 15.2. The lowest BCUT2D eigenvalue weighted by molar-refractivity contribution is 0.123. The van der Waals surface area contributed by atoms with Crippen molar-refractivity contribution in [3.05, 3.63) is 34.9 Å². The van der Waals surface area contributed by atoms with Gasteiger partial charge in [-0.05, 0) is 51.0 Å². The Kier molecular flexibility index (Phi) is 10.3. The van der Waals surface area contributed by atoms with E-state index in [2.05, 4.69) is 47.7 Å². The SMILES string of the molecule is CN=C(NCCCOCC1CC1)NCCc1cc(C)cc(C)c1.I. The highest BCUT2D eigenvalue weighted by molar-refractivity contribution is 14.0. The van der Waals surface area contributed by atoms with Gasteiger partial charge in [0.2, 0.25) is 0 Å². The van der Waals surface area contributed by atoms with E-state index in [1.807, 2.05) is 7.05 Å². The van der Waals surface area contributed by atoms with Crippen molar-refractivity contribution >= 4 is 29.9 Å². The summed E-state index contributed by atoms with van der Waals surface area (Å²) in [7, 11) is 1.82. The van der Waals surface area contributed by atoms with E-state index in [9.17, 15) is 0 Å². The summed E-state index contributed by atoms with van der Waals surface area (Å²) >= 11 is 0.